The molecular weight excluding hydrogens is 346 g/mol. The van der Waals surface area contributed by atoms with Crippen molar-refractivity contribution in [1.82, 2.24) is 20.0 Å². The van der Waals surface area contributed by atoms with Gasteiger partial charge < -0.3 is 5.73 Å². The summed E-state index contributed by atoms with van der Waals surface area (Å²) in [6.45, 7) is 11.1. The van der Waals surface area contributed by atoms with E-state index < -0.39 is 0 Å². The first kappa shape index (κ1) is 20.3. The van der Waals surface area contributed by atoms with Crippen molar-refractivity contribution in [2.45, 2.75) is 65.8 Å². The zero-order chi connectivity index (χ0) is 20.3. The number of benzene rings is 1. The predicted molar refractivity (Wildman–Crippen MR) is 116 cm³/mol. The van der Waals surface area contributed by atoms with E-state index in [0.717, 1.165) is 42.3 Å². The Balaban J connectivity index is 2.22. The monoisotopic (exact) mass is 379 g/mol. The average molecular weight is 380 g/mol. The smallest absolute Gasteiger partial charge is 0.126 e. The molecule has 0 aliphatic heterocycles. The average Bonchev–Trinajstić information content (AvgIpc) is 3.09. The number of para-hydroxylation sites is 1. The fourth-order valence-electron chi connectivity index (χ4n) is 3.83. The van der Waals surface area contributed by atoms with Gasteiger partial charge in [0.15, 0.2) is 0 Å². The van der Waals surface area contributed by atoms with Gasteiger partial charge in [0.05, 0.1) is 11.1 Å². The summed E-state index contributed by atoms with van der Waals surface area (Å²) in [6, 6.07) is 10.4. The molecule has 0 aliphatic carbocycles. The van der Waals surface area contributed by atoms with E-state index in [4.69, 9.17) is 5.73 Å². The Bertz CT molecular complexity index is 914. The maximum absolute atomic E-state index is 6.04. The van der Waals surface area contributed by atoms with Gasteiger partial charge in [-0.15, -0.1) is 5.10 Å². The summed E-state index contributed by atoms with van der Waals surface area (Å²) in [5, 5.41) is 9.13. The van der Waals surface area contributed by atoms with Crippen molar-refractivity contribution in [2.24, 2.45) is 11.8 Å². The first-order valence-corrected chi connectivity index (χ1v) is 10.4. The maximum Gasteiger partial charge on any atom is 0.126 e. The lowest BCUT2D eigenvalue weighted by Gasteiger charge is -2.36. The zero-order valence-electron chi connectivity index (χ0n) is 17.8. The molecule has 0 aliphatic rings. The summed E-state index contributed by atoms with van der Waals surface area (Å²) in [5.41, 5.74) is 9.95. The molecule has 0 saturated carbocycles. The van der Waals surface area contributed by atoms with Crippen LogP contribution in [0.25, 0.3) is 11.0 Å². The molecular formula is C23H33N5. The Morgan fingerprint density at radius 2 is 1.68 bits per heavy atom. The van der Waals surface area contributed by atoms with Crippen molar-refractivity contribution in [1.29, 1.82) is 0 Å². The molecule has 0 amide bonds. The van der Waals surface area contributed by atoms with E-state index in [1.54, 1.807) is 0 Å². The van der Waals surface area contributed by atoms with Crippen LogP contribution in [0.2, 0.25) is 0 Å². The highest BCUT2D eigenvalue weighted by Gasteiger charge is 2.37. The van der Waals surface area contributed by atoms with E-state index in [1.165, 1.54) is 5.56 Å². The van der Waals surface area contributed by atoms with Crippen molar-refractivity contribution in [3.63, 3.8) is 0 Å². The van der Waals surface area contributed by atoms with Crippen LogP contribution >= 0.6 is 0 Å². The van der Waals surface area contributed by atoms with Crippen molar-refractivity contribution in [3.05, 3.63) is 47.7 Å². The number of hydrogen-bond acceptors (Lipinski definition) is 4. The van der Waals surface area contributed by atoms with E-state index in [9.17, 15) is 0 Å². The van der Waals surface area contributed by atoms with E-state index >= 15 is 0 Å². The third-order valence-electron chi connectivity index (χ3n) is 5.68. The van der Waals surface area contributed by atoms with Gasteiger partial charge in [0, 0.05) is 6.20 Å². The lowest BCUT2D eigenvalue weighted by atomic mass is 9.78. The lowest BCUT2D eigenvalue weighted by Crippen LogP contribution is -2.37. The summed E-state index contributed by atoms with van der Waals surface area (Å²) < 4.78 is 2.15. The van der Waals surface area contributed by atoms with Crippen LogP contribution in [0.5, 0.6) is 0 Å². The second-order valence-electron chi connectivity index (χ2n) is 8.81. The van der Waals surface area contributed by atoms with Crippen molar-refractivity contribution < 1.29 is 0 Å². The number of nitrogen functional groups attached to an aromatic ring is 1. The highest BCUT2D eigenvalue weighted by molar-refractivity contribution is 5.74. The van der Waals surface area contributed by atoms with Crippen molar-refractivity contribution in [3.8, 4) is 0 Å². The van der Waals surface area contributed by atoms with Gasteiger partial charge in [0.1, 0.15) is 11.3 Å². The number of rotatable bonds is 8. The largest absolute Gasteiger partial charge is 0.383 e. The maximum atomic E-state index is 6.04. The molecule has 0 atom stereocenters. The fourth-order valence-corrected chi connectivity index (χ4v) is 3.83. The van der Waals surface area contributed by atoms with Crippen molar-refractivity contribution >= 4 is 16.9 Å². The van der Waals surface area contributed by atoms with Crippen LogP contribution in [0.3, 0.4) is 0 Å². The molecule has 1 aromatic carbocycles. The molecule has 150 valence electrons. The Labute approximate surface area is 168 Å². The summed E-state index contributed by atoms with van der Waals surface area (Å²) >= 11 is 0. The minimum Gasteiger partial charge on any atom is -0.383 e. The molecule has 0 fully saturated rings. The third kappa shape index (κ3) is 4.03. The molecule has 2 aromatic heterocycles. The fraction of sp³-hybridized carbons (Fsp3) is 0.522. The van der Waals surface area contributed by atoms with Gasteiger partial charge in [-0.05, 0) is 73.8 Å². The minimum atomic E-state index is -0.282. The molecule has 0 spiro atoms. The molecule has 3 aromatic rings. The Morgan fingerprint density at radius 3 is 2.29 bits per heavy atom. The molecule has 2 heterocycles. The highest BCUT2D eigenvalue weighted by Crippen LogP contribution is 2.40. The van der Waals surface area contributed by atoms with Crippen LogP contribution in [0.1, 0.15) is 64.5 Å². The second-order valence-corrected chi connectivity index (χ2v) is 8.81. The van der Waals surface area contributed by atoms with Crippen LogP contribution in [0, 0.1) is 18.8 Å². The number of hydrogen-bond donors (Lipinski definition) is 1. The first-order chi connectivity index (χ1) is 13.3. The molecule has 0 saturated heterocycles. The quantitative estimate of drug-likeness (QED) is 0.574. The topological polar surface area (TPSA) is 69.6 Å². The molecule has 3 rings (SSSR count). The van der Waals surface area contributed by atoms with Gasteiger partial charge in [0.25, 0.3) is 0 Å². The van der Waals surface area contributed by atoms with Crippen molar-refractivity contribution in [2.75, 3.05) is 5.73 Å². The van der Waals surface area contributed by atoms with Gasteiger partial charge in [-0.1, -0.05) is 45.0 Å². The van der Waals surface area contributed by atoms with Gasteiger partial charge in [0.2, 0.25) is 0 Å². The van der Waals surface area contributed by atoms with E-state index in [-0.39, 0.29) is 5.54 Å². The number of aromatic nitrogens is 4. The molecule has 5 nitrogen and oxygen atoms in total. The SMILES string of the molecule is Cc1cc(C(CCC(C)C)(CCC(C)C)n2nnc3ccccc32)cnc1N. The summed E-state index contributed by atoms with van der Waals surface area (Å²) in [4.78, 5) is 4.51. The Morgan fingerprint density at radius 1 is 1.04 bits per heavy atom. The summed E-state index contributed by atoms with van der Waals surface area (Å²) in [7, 11) is 0. The van der Waals surface area contributed by atoms with Crippen LogP contribution in [-0.4, -0.2) is 20.0 Å². The summed E-state index contributed by atoms with van der Waals surface area (Å²) in [6.07, 6.45) is 6.15. The third-order valence-corrected chi connectivity index (χ3v) is 5.68. The van der Waals surface area contributed by atoms with E-state index in [1.807, 2.05) is 25.3 Å². The van der Waals surface area contributed by atoms with Gasteiger partial charge in [-0.3, -0.25) is 0 Å². The van der Waals surface area contributed by atoms with Gasteiger partial charge in [-0.25, -0.2) is 9.67 Å². The van der Waals surface area contributed by atoms with E-state index in [0.29, 0.717) is 17.7 Å². The predicted octanol–water partition coefficient (Wildman–Crippen LogP) is 5.33. The number of nitrogens with zero attached hydrogens (tertiary/aromatic N) is 4. The normalized spacial score (nSPS) is 12.4. The molecule has 5 heteroatoms. The number of fused-ring (bicyclic) bond motifs is 1. The van der Waals surface area contributed by atoms with Crippen LogP contribution in [0.4, 0.5) is 5.82 Å². The molecule has 0 unspecified atom stereocenters. The first-order valence-electron chi connectivity index (χ1n) is 10.4. The van der Waals surface area contributed by atoms with Gasteiger partial charge in [-0.2, -0.15) is 0 Å². The standard InChI is InChI=1S/C23H33N5/c1-16(2)10-12-23(13-11-17(3)4,19-14-18(5)22(24)25-15-19)28-21-9-7-6-8-20(21)26-27-28/h6-9,14-17H,10-13H2,1-5H3,(H2,24,25). The number of pyridine rings is 1. The highest BCUT2D eigenvalue weighted by atomic mass is 15.5. The molecule has 0 radical (unpaired) electrons. The number of anilines is 1. The molecule has 2 N–H and O–H groups in total. The summed E-state index contributed by atoms with van der Waals surface area (Å²) in [5.74, 6) is 1.81. The number of aryl methyl sites for hydroxylation is 1. The second kappa shape index (κ2) is 8.29. The van der Waals surface area contributed by atoms with Crippen LogP contribution in [-0.2, 0) is 5.54 Å². The minimum absolute atomic E-state index is 0.282. The van der Waals surface area contributed by atoms with Crippen LogP contribution < -0.4 is 5.73 Å². The molecule has 0 bridgehead atoms. The van der Waals surface area contributed by atoms with Crippen LogP contribution in [0.15, 0.2) is 36.5 Å². The Hall–Kier alpha value is -2.43. The number of nitrogens with two attached hydrogens (primary N) is 1. The van der Waals surface area contributed by atoms with E-state index in [2.05, 4.69) is 65.9 Å². The Kier molecular flexibility index (Phi) is 6.01. The lowest BCUT2D eigenvalue weighted by molar-refractivity contribution is 0.241. The molecule has 28 heavy (non-hydrogen) atoms. The van der Waals surface area contributed by atoms with Gasteiger partial charge >= 0.3 is 0 Å². The zero-order valence-corrected chi connectivity index (χ0v) is 17.8.